The van der Waals surface area contributed by atoms with Crippen molar-refractivity contribution in [3.05, 3.63) is 47.2 Å². The number of carbonyl (C=O) groups is 1. The number of carbonyl (C=O) groups excluding carboxylic acids is 1. The Labute approximate surface area is 126 Å². The Morgan fingerprint density at radius 2 is 1.95 bits per heavy atom. The van der Waals surface area contributed by atoms with Crippen LogP contribution in [0.1, 0.15) is 36.7 Å². The highest BCUT2D eigenvalue weighted by atomic mass is 16.3. The van der Waals surface area contributed by atoms with Crippen LogP contribution in [0.5, 0.6) is 0 Å². The summed E-state index contributed by atoms with van der Waals surface area (Å²) in [6.07, 6.45) is 2.07. The van der Waals surface area contributed by atoms with Crippen molar-refractivity contribution in [1.82, 2.24) is 5.32 Å². The van der Waals surface area contributed by atoms with E-state index in [0.717, 1.165) is 30.0 Å². The molecule has 0 aliphatic rings. The smallest absolute Gasteiger partial charge is 0.220 e. The lowest BCUT2D eigenvalue weighted by Crippen LogP contribution is -2.24. The summed E-state index contributed by atoms with van der Waals surface area (Å²) in [6, 6.07) is 10.2. The fourth-order valence-electron chi connectivity index (χ4n) is 2.15. The third kappa shape index (κ3) is 4.22. The van der Waals surface area contributed by atoms with Gasteiger partial charge in [0.25, 0.3) is 0 Å². The second-order valence-electron chi connectivity index (χ2n) is 5.41. The van der Waals surface area contributed by atoms with Crippen molar-refractivity contribution in [3.63, 3.8) is 0 Å². The number of amides is 1. The molecule has 3 nitrogen and oxygen atoms in total. The molecular formula is C18H23NO2. The molecule has 0 unspecified atom stereocenters. The predicted molar refractivity (Wildman–Crippen MR) is 85.2 cm³/mol. The first-order valence-electron chi connectivity index (χ1n) is 7.53. The average Bonchev–Trinajstić information content (AvgIpc) is 2.94. The predicted octanol–water partition coefficient (Wildman–Crippen LogP) is 4.02. The zero-order valence-electron chi connectivity index (χ0n) is 13.0. The van der Waals surface area contributed by atoms with Crippen molar-refractivity contribution in [2.75, 3.05) is 6.54 Å². The van der Waals surface area contributed by atoms with Gasteiger partial charge in [-0.15, -0.1) is 0 Å². The molecule has 0 aliphatic carbocycles. The van der Waals surface area contributed by atoms with Crippen molar-refractivity contribution in [1.29, 1.82) is 0 Å². The molecule has 1 aromatic heterocycles. The van der Waals surface area contributed by atoms with E-state index in [4.69, 9.17) is 4.42 Å². The summed E-state index contributed by atoms with van der Waals surface area (Å²) in [5.41, 5.74) is 3.61. The monoisotopic (exact) mass is 285 g/mol. The Morgan fingerprint density at radius 1 is 1.14 bits per heavy atom. The molecule has 112 valence electrons. The number of benzene rings is 1. The maximum atomic E-state index is 11.6. The first-order chi connectivity index (χ1) is 10.1. The minimum absolute atomic E-state index is 0.0842. The van der Waals surface area contributed by atoms with E-state index in [9.17, 15) is 4.79 Å². The Kier molecular flexibility index (Phi) is 5.20. The molecule has 0 spiro atoms. The number of nitrogens with one attached hydrogen (secondary N) is 1. The van der Waals surface area contributed by atoms with Gasteiger partial charge in [-0.2, -0.15) is 0 Å². The Bertz CT molecular complexity index is 613. The third-order valence-electron chi connectivity index (χ3n) is 3.62. The third-order valence-corrected chi connectivity index (χ3v) is 3.62. The second-order valence-corrected chi connectivity index (χ2v) is 5.41. The van der Waals surface area contributed by atoms with Gasteiger partial charge in [-0.1, -0.05) is 19.1 Å². The lowest BCUT2D eigenvalue weighted by molar-refractivity contribution is -0.121. The molecule has 0 radical (unpaired) electrons. The van der Waals surface area contributed by atoms with Crippen molar-refractivity contribution in [2.45, 2.75) is 40.0 Å². The first kappa shape index (κ1) is 15.4. The topological polar surface area (TPSA) is 42.2 Å². The van der Waals surface area contributed by atoms with E-state index in [0.29, 0.717) is 12.8 Å². The van der Waals surface area contributed by atoms with Crippen LogP contribution in [0.25, 0.3) is 11.3 Å². The summed E-state index contributed by atoms with van der Waals surface area (Å²) in [7, 11) is 0. The van der Waals surface area contributed by atoms with E-state index in [-0.39, 0.29) is 5.91 Å². The van der Waals surface area contributed by atoms with Crippen LogP contribution < -0.4 is 5.32 Å². The molecule has 1 amide bonds. The lowest BCUT2D eigenvalue weighted by atomic mass is 10.1. The molecule has 0 aliphatic heterocycles. The van der Waals surface area contributed by atoms with Crippen LogP contribution in [0.3, 0.4) is 0 Å². The molecule has 0 bridgehead atoms. The van der Waals surface area contributed by atoms with Gasteiger partial charge in [0, 0.05) is 24.9 Å². The molecule has 2 aromatic rings. The molecule has 1 heterocycles. The van der Waals surface area contributed by atoms with E-state index >= 15 is 0 Å². The summed E-state index contributed by atoms with van der Waals surface area (Å²) in [5, 5.41) is 2.87. The van der Waals surface area contributed by atoms with Gasteiger partial charge in [0.05, 0.1) is 0 Å². The number of hydrogen-bond acceptors (Lipinski definition) is 2. The van der Waals surface area contributed by atoms with Crippen molar-refractivity contribution in [3.8, 4) is 11.3 Å². The molecule has 0 fully saturated rings. The maximum absolute atomic E-state index is 11.6. The SMILES string of the molecule is CCCNC(=O)CCc1ccc(-c2ccc(C)c(C)c2)o1. The van der Waals surface area contributed by atoms with Gasteiger partial charge in [-0.05, 0) is 49.6 Å². The molecule has 1 aromatic carbocycles. The summed E-state index contributed by atoms with van der Waals surface area (Å²) in [4.78, 5) is 11.6. The van der Waals surface area contributed by atoms with Gasteiger partial charge in [-0.25, -0.2) is 0 Å². The van der Waals surface area contributed by atoms with Crippen molar-refractivity contribution >= 4 is 5.91 Å². The molecule has 21 heavy (non-hydrogen) atoms. The van der Waals surface area contributed by atoms with Gasteiger partial charge in [-0.3, -0.25) is 4.79 Å². The zero-order chi connectivity index (χ0) is 15.2. The van der Waals surface area contributed by atoms with Crippen LogP contribution >= 0.6 is 0 Å². The fourth-order valence-corrected chi connectivity index (χ4v) is 2.15. The Hall–Kier alpha value is -2.03. The normalized spacial score (nSPS) is 10.6. The molecular weight excluding hydrogens is 262 g/mol. The Morgan fingerprint density at radius 3 is 2.67 bits per heavy atom. The highest BCUT2D eigenvalue weighted by molar-refractivity contribution is 5.76. The van der Waals surface area contributed by atoms with Crippen LogP contribution in [0.4, 0.5) is 0 Å². The van der Waals surface area contributed by atoms with Crippen LogP contribution in [0.15, 0.2) is 34.7 Å². The average molecular weight is 285 g/mol. The van der Waals surface area contributed by atoms with E-state index < -0.39 is 0 Å². The number of hydrogen-bond donors (Lipinski definition) is 1. The van der Waals surface area contributed by atoms with Gasteiger partial charge in [0.1, 0.15) is 11.5 Å². The van der Waals surface area contributed by atoms with Gasteiger partial charge >= 0.3 is 0 Å². The number of furan rings is 1. The molecule has 3 heteroatoms. The minimum Gasteiger partial charge on any atom is -0.461 e. The molecule has 0 saturated heterocycles. The van der Waals surface area contributed by atoms with Gasteiger partial charge in [0.15, 0.2) is 0 Å². The summed E-state index contributed by atoms with van der Waals surface area (Å²) in [6.45, 7) is 6.98. The maximum Gasteiger partial charge on any atom is 0.220 e. The molecule has 2 rings (SSSR count). The zero-order valence-corrected chi connectivity index (χ0v) is 13.0. The Balaban J connectivity index is 1.98. The molecule has 0 atom stereocenters. The molecule has 1 N–H and O–H groups in total. The van der Waals surface area contributed by atoms with Crippen LogP contribution in [-0.4, -0.2) is 12.5 Å². The van der Waals surface area contributed by atoms with Gasteiger partial charge < -0.3 is 9.73 Å². The first-order valence-corrected chi connectivity index (χ1v) is 7.53. The van der Waals surface area contributed by atoms with E-state index in [1.807, 2.05) is 19.1 Å². The lowest BCUT2D eigenvalue weighted by Gasteiger charge is -2.03. The fraction of sp³-hybridized carbons (Fsp3) is 0.389. The van der Waals surface area contributed by atoms with Crippen LogP contribution in [0.2, 0.25) is 0 Å². The highest BCUT2D eigenvalue weighted by Gasteiger charge is 2.08. The summed E-state index contributed by atoms with van der Waals surface area (Å²) >= 11 is 0. The van der Waals surface area contributed by atoms with Crippen LogP contribution in [0, 0.1) is 13.8 Å². The second kappa shape index (κ2) is 7.11. The highest BCUT2D eigenvalue weighted by Crippen LogP contribution is 2.24. The van der Waals surface area contributed by atoms with E-state index in [2.05, 4.69) is 37.4 Å². The summed E-state index contributed by atoms with van der Waals surface area (Å²) in [5.74, 6) is 1.80. The minimum atomic E-state index is 0.0842. The number of rotatable bonds is 6. The molecule has 0 saturated carbocycles. The number of aryl methyl sites for hydroxylation is 3. The summed E-state index contributed by atoms with van der Waals surface area (Å²) < 4.78 is 5.84. The quantitative estimate of drug-likeness (QED) is 0.871. The van der Waals surface area contributed by atoms with Gasteiger partial charge in [0.2, 0.25) is 5.91 Å². The van der Waals surface area contributed by atoms with E-state index in [1.54, 1.807) is 0 Å². The van der Waals surface area contributed by atoms with Crippen molar-refractivity contribution in [2.24, 2.45) is 0 Å². The largest absolute Gasteiger partial charge is 0.461 e. The van der Waals surface area contributed by atoms with Crippen LogP contribution in [-0.2, 0) is 11.2 Å². The van der Waals surface area contributed by atoms with E-state index in [1.165, 1.54) is 11.1 Å². The van der Waals surface area contributed by atoms with Crippen molar-refractivity contribution < 1.29 is 9.21 Å². The standard InChI is InChI=1S/C18H23NO2/c1-4-11-19-18(20)10-8-16-7-9-17(21-16)15-6-5-13(2)14(3)12-15/h5-7,9,12H,4,8,10-11H2,1-3H3,(H,19,20).